The van der Waals surface area contributed by atoms with E-state index in [2.05, 4.69) is 11.8 Å². The first-order chi connectivity index (χ1) is 12.0. The van der Waals surface area contributed by atoms with Gasteiger partial charge in [-0.2, -0.15) is 5.06 Å². The smallest absolute Gasteiger partial charge is 0.258 e. The van der Waals surface area contributed by atoms with Crippen molar-refractivity contribution in [2.24, 2.45) is 0 Å². The number of carbonyl (C=O) groups is 2. The standard InChI is InChI=1S/C19H23N3O3/c1-5-6-15-11-13(2)16(14(3)12-15)17-18(23)21-9-7-20(25-4)8-10-22(21)19(17)24/h11-12,17H,7-10H2,1-4H3. The number of benzene rings is 1. The molecule has 25 heavy (non-hydrogen) atoms. The lowest BCUT2D eigenvalue weighted by atomic mass is 9.88. The van der Waals surface area contributed by atoms with Gasteiger partial charge >= 0.3 is 0 Å². The third-order valence-electron chi connectivity index (χ3n) is 4.83. The SMILES string of the molecule is CC#Cc1cc(C)c(C2C(=O)N3CCN(OC)CCN3C2=O)c(C)c1. The van der Waals surface area contributed by atoms with Gasteiger partial charge in [0.15, 0.2) is 0 Å². The van der Waals surface area contributed by atoms with E-state index in [1.807, 2.05) is 26.0 Å². The Morgan fingerprint density at radius 3 is 1.96 bits per heavy atom. The fourth-order valence-electron chi connectivity index (χ4n) is 3.70. The zero-order valence-electron chi connectivity index (χ0n) is 15.1. The largest absolute Gasteiger partial charge is 0.302 e. The third-order valence-corrected chi connectivity index (χ3v) is 4.83. The highest BCUT2D eigenvalue weighted by Gasteiger charge is 2.48. The van der Waals surface area contributed by atoms with Crippen LogP contribution in [0.5, 0.6) is 0 Å². The first-order valence-electron chi connectivity index (χ1n) is 8.43. The van der Waals surface area contributed by atoms with Gasteiger partial charge in [-0.1, -0.05) is 5.92 Å². The molecule has 0 aromatic heterocycles. The Morgan fingerprint density at radius 1 is 1.00 bits per heavy atom. The zero-order valence-corrected chi connectivity index (χ0v) is 15.1. The molecule has 2 aliphatic heterocycles. The Morgan fingerprint density at radius 2 is 1.52 bits per heavy atom. The number of carbonyl (C=O) groups excluding carboxylic acids is 2. The summed E-state index contributed by atoms with van der Waals surface area (Å²) in [5, 5.41) is 4.91. The molecule has 0 radical (unpaired) electrons. The van der Waals surface area contributed by atoms with Crippen LogP contribution in [0.3, 0.4) is 0 Å². The van der Waals surface area contributed by atoms with Gasteiger partial charge in [-0.3, -0.25) is 9.59 Å². The summed E-state index contributed by atoms with van der Waals surface area (Å²) in [6.07, 6.45) is 0. The van der Waals surface area contributed by atoms with Crippen LogP contribution < -0.4 is 0 Å². The summed E-state index contributed by atoms with van der Waals surface area (Å²) in [4.78, 5) is 31.2. The van der Waals surface area contributed by atoms with Gasteiger partial charge in [0, 0.05) is 18.7 Å². The number of amides is 2. The molecular formula is C19H23N3O3. The molecule has 2 saturated heterocycles. The van der Waals surface area contributed by atoms with E-state index in [1.165, 1.54) is 0 Å². The van der Waals surface area contributed by atoms with Crippen molar-refractivity contribution in [3.05, 3.63) is 34.4 Å². The molecule has 2 fully saturated rings. The Kier molecular flexibility index (Phi) is 4.80. The summed E-state index contributed by atoms with van der Waals surface area (Å²) >= 11 is 0. The molecular weight excluding hydrogens is 318 g/mol. The van der Waals surface area contributed by atoms with E-state index in [4.69, 9.17) is 4.84 Å². The van der Waals surface area contributed by atoms with Gasteiger partial charge in [-0.25, -0.2) is 10.0 Å². The fraction of sp³-hybridized carbons (Fsp3) is 0.474. The van der Waals surface area contributed by atoms with E-state index < -0.39 is 5.92 Å². The number of hydrazine groups is 1. The number of aryl methyl sites for hydroxylation is 2. The maximum Gasteiger partial charge on any atom is 0.258 e. The normalized spacial score (nSPS) is 18.9. The van der Waals surface area contributed by atoms with Gasteiger partial charge in [0.2, 0.25) is 0 Å². The first kappa shape index (κ1) is 17.5. The minimum Gasteiger partial charge on any atom is -0.302 e. The lowest BCUT2D eigenvalue weighted by Crippen LogP contribution is -2.41. The maximum atomic E-state index is 13.0. The predicted octanol–water partition coefficient (Wildman–Crippen LogP) is 1.22. The molecule has 0 bridgehead atoms. The summed E-state index contributed by atoms with van der Waals surface area (Å²) in [6.45, 7) is 7.74. The highest BCUT2D eigenvalue weighted by Crippen LogP contribution is 2.34. The highest BCUT2D eigenvalue weighted by molar-refractivity contribution is 6.10. The van der Waals surface area contributed by atoms with Gasteiger partial charge in [0.25, 0.3) is 11.8 Å². The highest BCUT2D eigenvalue weighted by atomic mass is 16.7. The molecule has 0 saturated carbocycles. The Hall–Kier alpha value is -2.36. The molecule has 6 heteroatoms. The minimum atomic E-state index is -0.752. The van der Waals surface area contributed by atoms with Crippen LogP contribution in [0.2, 0.25) is 0 Å². The van der Waals surface area contributed by atoms with E-state index >= 15 is 0 Å². The number of nitrogens with zero attached hydrogens (tertiary/aromatic N) is 3. The maximum absolute atomic E-state index is 13.0. The third kappa shape index (κ3) is 3.01. The average molecular weight is 341 g/mol. The first-order valence-corrected chi connectivity index (χ1v) is 8.43. The van der Waals surface area contributed by atoms with Crippen LogP contribution in [0.15, 0.2) is 12.1 Å². The van der Waals surface area contributed by atoms with Gasteiger partial charge in [0.05, 0.1) is 20.2 Å². The van der Waals surface area contributed by atoms with Crippen molar-refractivity contribution in [1.82, 2.24) is 15.1 Å². The van der Waals surface area contributed by atoms with Crippen molar-refractivity contribution in [3.8, 4) is 11.8 Å². The Bertz CT molecular complexity index is 729. The van der Waals surface area contributed by atoms with Crippen LogP contribution in [0.1, 0.15) is 35.1 Å². The molecule has 1 aromatic rings. The molecule has 3 rings (SSSR count). The van der Waals surface area contributed by atoms with Crippen molar-refractivity contribution in [2.75, 3.05) is 33.3 Å². The molecule has 0 N–H and O–H groups in total. The molecule has 2 amide bonds. The molecule has 132 valence electrons. The summed E-state index contributed by atoms with van der Waals surface area (Å²) in [5.41, 5.74) is 3.58. The molecule has 0 unspecified atom stereocenters. The van der Waals surface area contributed by atoms with Crippen LogP contribution in [-0.4, -0.2) is 60.2 Å². The second kappa shape index (κ2) is 6.87. The van der Waals surface area contributed by atoms with Gasteiger partial charge in [-0.15, -0.1) is 5.92 Å². The minimum absolute atomic E-state index is 0.150. The molecule has 2 aliphatic rings. The van der Waals surface area contributed by atoms with Crippen molar-refractivity contribution >= 4 is 11.8 Å². The van der Waals surface area contributed by atoms with Crippen LogP contribution in [0, 0.1) is 25.7 Å². The topological polar surface area (TPSA) is 53.1 Å². The summed E-state index contributed by atoms with van der Waals surface area (Å²) < 4.78 is 0. The molecule has 2 heterocycles. The second-order valence-corrected chi connectivity index (χ2v) is 6.37. The van der Waals surface area contributed by atoms with E-state index in [-0.39, 0.29) is 11.8 Å². The van der Waals surface area contributed by atoms with Gasteiger partial charge in [-0.05, 0) is 49.6 Å². The van der Waals surface area contributed by atoms with E-state index in [1.54, 1.807) is 29.1 Å². The van der Waals surface area contributed by atoms with E-state index in [9.17, 15) is 9.59 Å². The molecule has 0 atom stereocenters. The Balaban J connectivity index is 1.96. The summed E-state index contributed by atoms with van der Waals surface area (Å²) in [6, 6.07) is 3.90. The van der Waals surface area contributed by atoms with Crippen LogP contribution in [-0.2, 0) is 14.4 Å². The fourth-order valence-corrected chi connectivity index (χ4v) is 3.70. The average Bonchev–Trinajstić information content (AvgIpc) is 2.73. The number of hydrogen-bond acceptors (Lipinski definition) is 4. The van der Waals surface area contributed by atoms with Crippen LogP contribution >= 0.6 is 0 Å². The number of hydroxylamine groups is 2. The van der Waals surface area contributed by atoms with Crippen molar-refractivity contribution in [2.45, 2.75) is 26.7 Å². The lowest BCUT2D eigenvalue weighted by Gasteiger charge is -2.23. The van der Waals surface area contributed by atoms with Crippen LogP contribution in [0.4, 0.5) is 0 Å². The zero-order chi connectivity index (χ0) is 18.1. The van der Waals surface area contributed by atoms with Crippen molar-refractivity contribution in [3.63, 3.8) is 0 Å². The number of hydrogen-bond donors (Lipinski definition) is 0. The molecule has 0 aliphatic carbocycles. The predicted molar refractivity (Wildman–Crippen MR) is 93.2 cm³/mol. The Labute approximate surface area is 148 Å². The van der Waals surface area contributed by atoms with Crippen LogP contribution in [0.25, 0.3) is 0 Å². The van der Waals surface area contributed by atoms with Gasteiger partial charge < -0.3 is 4.84 Å². The summed E-state index contributed by atoms with van der Waals surface area (Å²) in [7, 11) is 1.60. The number of fused-ring (bicyclic) bond motifs is 1. The monoisotopic (exact) mass is 341 g/mol. The summed E-state index contributed by atoms with van der Waals surface area (Å²) in [5.74, 6) is 4.87. The molecule has 1 aromatic carbocycles. The van der Waals surface area contributed by atoms with Crippen molar-refractivity contribution in [1.29, 1.82) is 0 Å². The van der Waals surface area contributed by atoms with Gasteiger partial charge in [0.1, 0.15) is 5.92 Å². The van der Waals surface area contributed by atoms with Crippen molar-refractivity contribution < 1.29 is 14.4 Å². The van der Waals surface area contributed by atoms with E-state index in [0.29, 0.717) is 26.2 Å². The lowest BCUT2D eigenvalue weighted by molar-refractivity contribution is -0.145. The molecule has 6 nitrogen and oxygen atoms in total. The molecule has 0 spiro atoms. The quantitative estimate of drug-likeness (QED) is 0.600. The second-order valence-electron chi connectivity index (χ2n) is 6.37. The number of rotatable bonds is 2. The van der Waals surface area contributed by atoms with E-state index in [0.717, 1.165) is 22.3 Å².